The SMILES string of the molecule is CCOC(=O)[C@H](N)CCF. The van der Waals surface area contributed by atoms with Crippen molar-refractivity contribution in [3.8, 4) is 0 Å². The van der Waals surface area contributed by atoms with Crippen LogP contribution in [-0.2, 0) is 9.53 Å². The third-order valence-corrected chi connectivity index (χ3v) is 1.01. The first-order chi connectivity index (χ1) is 4.72. The lowest BCUT2D eigenvalue weighted by Gasteiger charge is -2.06. The van der Waals surface area contributed by atoms with Crippen molar-refractivity contribution in [3.05, 3.63) is 0 Å². The van der Waals surface area contributed by atoms with Gasteiger partial charge in [0.1, 0.15) is 6.04 Å². The minimum absolute atomic E-state index is 0.0405. The molecule has 0 aromatic carbocycles. The maximum absolute atomic E-state index is 11.6. The van der Waals surface area contributed by atoms with Crippen LogP contribution in [0.5, 0.6) is 0 Å². The fourth-order valence-electron chi connectivity index (χ4n) is 0.485. The summed E-state index contributed by atoms with van der Waals surface area (Å²) in [7, 11) is 0. The van der Waals surface area contributed by atoms with E-state index in [2.05, 4.69) is 4.74 Å². The van der Waals surface area contributed by atoms with Crippen LogP contribution in [-0.4, -0.2) is 25.3 Å². The van der Waals surface area contributed by atoms with Gasteiger partial charge >= 0.3 is 5.97 Å². The number of esters is 1. The molecule has 60 valence electrons. The van der Waals surface area contributed by atoms with Gasteiger partial charge in [0.15, 0.2) is 0 Å². The predicted octanol–water partition coefficient (Wildman–Crippen LogP) is 0.236. The lowest BCUT2D eigenvalue weighted by Crippen LogP contribution is -2.32. The Morgan fingerprint density at radius 3 is 2.80 bits per heavy atom. The molecule has 1 atom stereocenters. The van der Waals surface area contributed by atoms with E-state index >= 15 is 0 Å². The lowest BCUT2D eigenvalue weighted by atomic mass is 10.2. The molecule has 0 bridgehead atoms. The highest BCUT2D eigenvalue weighted by molar-refractivity contribution is 5.75. The molecule has 0 amide bonds. The number of rotatable bonds is 4. The van der Waals surface area contributed by atoms with E-state index in [1.54, 1.807) is 6.92 Å². The topological polar surface area (TPSA) is 52.3 Å². The highest BCUT2D eigenvalue weighted by atomic mass is 19.1. The maximum Gasteiger partial charge on any atom is 0.322 e. The van der Waals surface area contributed by atoms with E-state index in [-0.39, 0.29) is 6.42 Å². The van der Waals surface area contributed by atoms with Crippen LogP contribution in [0, 0.1) is 0 Å². The van der Waals surface area contributed by atoms with E-state index in [0.29, 0.717) is 6.61 Å². The van der Waals surface area contributed by atoms with E-state index in [1.165, 1.54) is 0 Å². The van der Waals surface area contributed by atoms with Gasteiger partial charge in [0.25, 0.3) is 0 Å². The highest BCUT2D eigenvalue weighted by Gasteiger charge is 2.12. The Morgan fingerprint density at radius 2 is 2.40 bits per heavy atom. The van der Waals surface area contributed by atoms with Crippen molar-refractivity contribution in [1.29, 1.82) is 0 Å². The molecule has 0 saturated carbocycles. The van der Waals surface area contributed by atoms with Crippen molar-refractivity contribution in [1.82, 2.24) is 0 Å². The Morgan fingerprint density at radius 1 is 1.80 bits per heavy atom. The van der Waals surface area contributed by atoms with Gasteiger partial charge in [0, 0.05) is 6.42 Å². The summed E-state index contributed by atoms with van der Waals surface area (Å²) in [5.74, 6) is -0.528. The minimum Gasteiger partial charge on any atom is -0.465 e. The first-order valence-electron chi connectivity index (χ1n) is 3.20. The second-order valence-corrected chi connectivity index (χ2v) is 1.84. The summed E-state index contributed by atoms with van der Waals surface area (Å²) >= 11 is 0. The molecule has 0 aromatic rings. The number of hydrogen-bond acceptors (Lipinski definition) is 3. The van der Waals surface area contributed by atoms with Gasteiger partial charge in [-0.15, -0.1) is 0 Å². The summed E-state index contributed by atoms with van der Waals surface area (Å²) in [6.45, 7) is 1.39. The first-order valence-corrected chi connectivity index (χ1v) is 3.20. The third kappa shape index (κ3) is 3.40. The molecule has 10 heavy (non-hydrogen) atoms. The van der Waals surface area contributed by atoms with Gasteiger partial charge in [-0.1, -0.05) is 0 Å². The Bertz CT molecular complexity index is 108. The second-order valence-electron chi connectivity index (χ2n) is 1.84. The molecule has 0 aliphatic carbocycles. The number of carbonyl (C=O) groups is 1. The van der Waals surface area contributed by atoms with Crippen molar-refractivity contribution in [2.24, 2.45) is 5.73 Å². The molecule has 0 radical (unpaired) electrons. The predicted molar refractivity (Wildman–Crippen MR) is 35.2 cm³/mol. The van der Waals surface area contributed by atoms with E-state index in [0.717, 1.165) is 0 Å². The zero-order valence-corrected chi connectivity index (χ0v) is 5.97. The van der Waals surface area contributed by atoms with Crippen molar-refractivity contribution < 1.29 is 13.9 Å². The Labute approximate surface area is 59.3 Å². The first kappa shape index (κ1) is 9.36. The summed E-state index contributed by atoms with van der Waals surface area (Å²) in [6, 6.07) is -0.801. The highest BCUT2D eigenvalue weighted by Crippen LogP contribution is 1.91. The molecular weight excluding hydrogens is 137 g/mol. The summed E-state index contributed by atoms with van der Waals surface area (Å²) in [4.78, 5) is 10.6. The normalized spacial score (nSPS) is 12.7. The second kappa shape index (κ2) is 5.17. The Balaban J connectivity index is 3.49. The average molecular weight is 149 g/mol. The number of carbonyl (C=O) groups excluding carboxylic acids is 1. The van der Waals surface area contributed by atoms with Gasteiger partial charge in [-0.2, -0.15) is 0 Å². The molecule has 0 heterocycles. The van der Waals surface area contributed by atoms with Crippen molar-refractivity contribution in [2.75, 3.05) is 13.3 Å². The molecular formula is C6H12FNO2. The molecule has 0 aliphatic rings. The van der Waals surface area contributed by atoms with Crippen LogP contribution >= 0.6 is 0 Å². The molecule has 0 unspecified atom stereocenters. The zero-order chi connectivity index (χ0) is 7.98. The number of nitrogens with two attached hydrogens (primary N) is 1. The van der Waals surface area contributed by atoms with E-state index in [4.69, 9.17) is 5.73 Å². The molecule has 0 saturated heterocycles. The third-order valence-electron chi connectivity index (χ3n) is 1.01. The van der Waals surface area contributed by atoms with E-state index in [9.17, 15) is 9.18 Å². The molecule has 0 rings (SSSR count). The molecule has 0 aromatic heterocycles. The number of alkyl halides is 1. The summed E-state index contributed by atoms with van der Waals surface area (Å²) in [6.07, 6.45) is 0.0405. The maximum atomic E-state index is 11.6. The zero-order valence-electron chi connectivity index (χ0n) is 5.97. The van der Waals surface area contributed by atoms with E-state index in [1.807, 2.05) is 0 Å². The van der Waals surface area contributed by atoms with Gasteiger partial charge < -0.3 is 10.5 Å². The summed E-state index contributed by atoms with van der Waals surface area (Å²) < 4.78 is 16.1. The average Bonchev–Trinajstić information content (AvgIpc) is 1.89. The van der Waals surface area contributed by atoms with Crippen LogP contribution in [0.3, 0.4) is 0 Å². The fourth-order valence-corrected chi connectivity index (χ4v) is 0.485. The van der Waals surface area contributed by atoms with Crippen molar-refractivity contribution in [3.63, 3.8) is 0 Å². The number of halogens is 1. The number of hydrogen-bond donors (Lipinski definition) is 1. The number of ether oxygens (including phenoxy) is 1. The molecule has 0 spiro atoms. The largest absolute Gasteiger partial charge is 0.465 e. The smallest absolute Gasteiger partial charge is 0.322 e. The molecule has 4 heteroatoms. The van der Waals surface area contributed by atoms with Gasteiger partial charge in [-0.05, 0) is 6.92 Å². The van der Waals surface area contributed by atoms with Crippen LogP contribution in [0.4, 0.5) is 4.39 Å². The summed E-state index contributed by atoms with van der Waals surface area (Å²) in [5.41, 5.74) is 5.20. The van der Waals surface area contributed by atoms with Crippen molar-refractivity contribution >= 4 is 5.97 Å². The lowest BCUT2D eigenvalue weighted by molar-refractivity contribution is -0.144. The van der Waals surface area contributed by atoms with Crippen LogP contribution in [0.1, 0.15) is 13.3 Å². The fraction of sp³-hybridized carbons (Fsp3) is 0.833. The standard InChI is InChI=1S/C6H12FNO2/c1-2-10-6(9)5(8)3-4-7/h5H,2-4,8H2,1H3/t5-/m1/s1. The molecule has 2 N–H and O–H groups in total. The minimum atomic E-state index is -0.801. The molecule has 0 aliphatic heterocycles. The van der Waals surface area contributed by atoms with E-state index < -0.39 is 18.7 Å². The van der Waals surface area contributed by atoms with Gasteiger partial charge in [0.05, 0.1) is 13.3 Å². The van der Waals surface area contributed by atoms with Crippen LogP contribution in [0.2, 0.25) is 0 Å². The Hall–Kier alpha value is -0.640. The Kier molecular flexibility index (Phi) is 4.84. The van der Waals surface area contributed by atoms with Crippen LogP contribution < -0.4 is 5.73 Å². The quantitative estimate of drug-likeness (QED) is 0.582. The molecule has 0 fully saturated rings. The van der Waals surface area contributed by atoms with Gasteiger partial charge in [0.2, 0.25) is 0 Å². The monoisotopic (exact) mass is 149 g/mol. The van der Waals surface area contributed by atoms with Gasteiger partial charge in [-0.3, -0.25) is 9.18 Å². The summed E-state index contributed by atoms with van der Waals surface area (Å²) in [5, 5.41) is 0. The van der Waals surface area contributed by atoms with Crippen molar-refractivity contribution in [2.45, 2.75) is 19.4 Å². The van der Waals surface area contributed by atoms with Crippen LogP contribution in [0.15, 0.2) is 0 Å². The molecule has 3 nitrogen and oxygen atoms in total. The van der Waals surface area contributed by atoms with Crippen LogP contribution in [0.25, 0.3) is 0 Å². The van der Waals surface area contributed by atoms with Gasteiger partial charge in [-0.25, -0.2) is 0 Å².